The van der Waals surface area contributed by atoms with E-state index < -0.39 is 12.1 Å². The van der Waals surface area contributed by atoms with Crippen LogP contribution in [0.2, 0.25) is 0 Å². The first-order valence-electron chi connectivity index (χ1n) is 5.78. The Balaban J connectivity index is 2.41. The number of aryl methyl sites for hydroxylation is 1. The van der Waals surface area contributed by atoms with Gasteiger partial charge in [-0.05, 0) is 31.0 Å². The predicted octanol–water partition coefficient (Wildman–Crippen LogP) is 3.50. The maximum atomic E-state index is 12.4. The largest absolute Gasteiger partial charge is 0.471 e. The molecule has 0 saturated carbocycles. The summed E-state index contributed by atoms with van der Waals surface area (Å²) in [5, 5.41) is 3.37. The summed E-state index contributed by atoms with van der Waals surface area (Å²) in [5.41, 5.74) is 2.98. The number of alkyl halides is 3. The second-order valence-corrected chi connectivity index (χ2v) is 4.26. The van der Waals surface area contributed by atoms with Crippen molar-refractivity contribution < 1.29 is 17.7 Å². The molecule has 1 aromatic carbocycles. The maximum absolute atomic E-state index is 12.4. The van der Waals surface area contributed by atoms with Crippen molar-refractivity contribution in [1.82, 2.24) is 10.1 Å². The van der Waals surface area contributed by atoms with Crippen LogP contribution in [-0.2, 0) is 6.18 Å². The molecule has 0 amide bonds. The number of hydrogen-bond acceptors (Lipinski definition) is 4. The highest BCUT2D eigenvalue weighted by molar-refractivity contribution is 5.99. The maximum Gasteiger partial charge on any atom is 0.471 e. The first kappa shape index (κ1) is 14.2. The van der Waals surface area contributed by atoms with Crippen molar-refractivity contribution >= 4 is 5.71 Å². The molecule has 2 aromatic rings. The third kappa shape index (κ3) is 2.71. The van der Waals surface area contributed by atoms with Gasteiger partial charge in [-0.15, -0.1) is 0 Å². The van der Waals surface area contributed by atoms with Crippen LogP contribution < -0.4 is 0 Å². The van der Waals surface area contributed by atoms with E-state index in [1.54, 1.807) is 26.1 Å². The Bertz CT molecular complexity index is 659. The van der Waals surface area contributed by atoms with Crippen LogP contribution in [0.5, 0.6) is 0 Å². The summed E-state index contributed by atoms with van der Waals surface area (Å²) in [6, 6.07) is 5.24. The lowest BCUT2D eigenvalue weighted by molar-refractivity contribution is -0.159. The molecule has 0 bridgehead atoms. The molecule has 0 aliphatic carbocycles. The third-order valence-electron chi connectivity index (χ3n) is 2.89. The van der Waals surface area contributed by atoms with Gasteiger partial charge in [0.1, 0.15) is 0 Å². The Kier molecular flexibility index (Phi) is 3.61. The first-order valence-corrected chi connectivity index (χ1v) is 5.78. The second-order valence-electron chi connectivity index (χ2n) is 4.26. The minimum absolute atomic E-state index is 0.0764. The molecule has 1 aromatic heterocycles. The van der Waals surface area contributed by atoms with Gasteiger partial charge in [-0.2, -0.15) is 18.2 Å². The fraction of sp³-hybridized carbons (Fsp3) is 0.308. The summed E-state index contributed by atoms with van der Waals surface area (Å²) in [7, 11) is 1.67. The Morgan fingerprint density at radius 2 is 2.00 bits per heavy atom. The Hall–Kier alpha value is -2.18. The van der Waals surface area contributed by atoms with Crippen LogP contribution in [0, 0.1) is 6.92 Å². The smallest absolute Gasteiger partial charge is 0.329 e. The van der Waals surface area contributed by atoms with Crippen molar-refractivity contribution in [1.29, 1.82) is 0 Å². The monoisotopic (exact) mass is 283 g/mol. The minimum Gasteiger partial charge on any atom is -0.329 e. The summed E-state index contributed by atoms with van der Waals surface area (Å²) in [6.07, 6.45) is -4.63. The molecule has 0 unspecified atom stereocenters. The summed E-state index contributed by atoms with van der Waals surface area (Å²) in [4.78, 5) is 7.43. The molecule has 2 rings (SSSR count). The van der Waals surface area contributed by atoms with Crippen molar-refractivity contribution in [3.05, 3.63) is 35.2 Å². The Morgan fingerprint density at radius 1 is 1.30 bits per heavy atom. The molecule has 20 heavy (non-hydrogen) atoms. The van der Waals surface area contributed by atoms with Crippen molar-refractivity contribution in [3.63, 3.8) is 0 Å². The zero-order chi connectivity index (χ0) is 14.9. The molecule has 0 spiro atoms. The van der Waals surface area contributed by atoms with Gasteiger partial charge in [0.05, 0.1) is 0 Å². The fourth-order valence-corrected chi connectivity index (χ4v) is 1.72. The van der Waals surface area contributed by atoms with Gasteiger partial charge in [0, 0.05) is 18.3 Å². The minimum atomic E-state index is -4.63. The van der Waals surface area contributed by atoms with Crippen LogP contribution in [0.3, 0.4) is 0 Å². The van der Waals surface area contributed by atoms with Crippen molar-refractivity contribution in [2.24, 2.45) is 4.99 Å². The molecule has 4 nitrogen and oxygen atoms in total. The molecule has 0 atom stereocenters. The lowest BCUT2D eigenvalue weighted by Gasteiger charge is -2.05. The van der Waals surface area contributed by atoms with Crippen LogP contribution in [0.1, 0.15) is 23.9 Å². The third-order valence-corrected chi connectivity index (χ3v) is 2.89. The van der Waals surface area contributed by atoms with Gasteiger partial charge < -0.3 is 4.52 Å². The van der Waals surface area contributed by atoms with Crippen LogP contribution in [0.4, 0.5) is 13.2 Å². The Morgan fingerprint density at radius 3 is 2.50 bits per heavy atom. The quantitative estimate of drug-likeness (QED) is 0.792. The number of halogens is 3. The van der Waals surface area contributed by atoms with Crippen molar-refractivity contribution in [3.8, 4) is 11.4 Å². The average Bonchev–Trinajstić information content (AvgIpc) is 2.87. The van der Waals surface area contributed by atoms with Gasteiger partial charge in [0.2, 0.25) is 5.82 Å². The van der Waals surface area contributed by atoms with Crippen molar-refractivity contribution in [2.75, 3.05) is 7.05 Å². The van der Waals surface area contributed by atoms with E-state index in [-0.39, 0.29) is 5.82 Å². The summed E-state index contributed by atoms with van der Waals surface area (Å²) >= 11 is 0. The van der Waals surface area contributed by atoms with Gasteiger partial charge >= 0.3 is 12.1 Å². The number of aromatic nitrogens is 2. The first-order chi connectivity index (χ1) is 9.32. The fourth-order valence-electron chi connectivity index (χ4n) is 1.72. The lowest BCUT2D eigenvalue weighted by atomic mass is 10.0. The zero-order valence-electron chi connectivity index (χ0n) is 11.1. The predicted molar refractivity (Wildman–Crippen MR) is 67.6 cm³/mol. The molecule has 0 aliphatic heterocycles. The standard InChI is InChI=1S/C13H12F3N3O/c1-7-6-9(8(2)17-3)4-5-10(7)11-18-12(20-19-11)13(14,15)16/h4-6H,1-3H3. The van der Waals surface area contributed by atoms with E-state index in [1.165, 1.54) is 0 Å². The molecule has 0 radical (unpaired) electrons. The molecular weight excluding hydrogens is 271 g/mol. The normalized spacial score (nSPS) is 12.8. The SMILES string of the molecule is CN=C(C)c1ccc(-c2noc(C(F)(F)F)n2)c(C)c1. The lowest BCUT2D eigenvalue weighted by Crippen LogP contribution is -2.05. The molecule has 1 heterocycles. The number of aliphatic imine (C=N–C) groups is 1. The topological polar surface area (TPSA) is 51.3 Å². The molecule has 0 fully saturated rings. The van der Waals surface area contributed by atoms with Crippen LogP contribution in [0.15, 0.2) is 27.7 Å². The highest BCUT2D eigenvalue weighted by Crippen LogP contribution is 2.30. The van der Waals surface area contributed by atoms with E-state index in [4.69, 9.17) is 0 Å². The van der Waals surface area contributed by atoms with E-state index >= 15 is 0 Å². The summed E-state index contributed by atoms with van der Waals surface area (Å²) in [5.74, 6) is -1.42. The van der Waals surface area contributed by atoms with Crippen LogP contribution >= 0.6 is 0 Å². The number of rotatable bonds is 2. The molecule has 0 aliphatic rings. The number of hydrogen-bond donors (Lipinski definition) is 0. The van der Waals surface area contributed by atoms with Gasteiger partial charge in [-0.1, -0.05) is 17.3 Å². The van der Waals surface area contributed by atoms with Crippen LogP contribution in [-0.4, -0.2) is 22.9 Å². The van der Waals surface area contributed by atoms with Crippen molar-refractivity contribution in [2.45, 2.75) is 20.0 Å². The van der Waals surface area contributed by atoms with Crippen LogP contribution in [0.25, 0.3) is 11.4 Å². The van der Waals surface area contributed by atoms with E-state index in [1.807, 2.05) is 13.0 Å². The van der Waals surface area contributed by atoms with E-state index in [0.29, 0.717) is 5.56 Å². The highest BCUT2D eigenvalue weighted by Gasteiger charge is 2.38. The van der Waals surface area contributed by atoms with Gasteiger partial charge in [0.25, 0.3) is 0 Å². The zero-order valence-corrected chi connectivity index (χ0v) is 11.1. The number of benzene rings is 1. The average molecular weight is 283 g/mol. The molecule has 0 saturated heterocycles. The molecule has 7 heteroatoms. The second kappa shape index (κ2) is 5.07. The highest BCUT2D eigenvalue weighted by atomic mass is 19.4. The summed E-state index contributed by atoms with van der Waals surface area (Å²) in [6.45, 7) is 3.62. The molecule has 0 N–H and O–H groups in total. The molecule has 106 valence electrons. The van der Waals surface area contributed by atoms with E-state index in [9.17, 15) is 13.2 Å². The summed E-state index contributed by atoms with van der Waals surface area (Å²) < 4.78 is 41.5. The van der Waals surface area contributed by atoms with E-state index in [2.05, 4.69) is 19.7 Å². The van der Waals surface area contributed by atoms with Gasteiger partial charge in [-0.25, -0.2) is 0 Å². The number of nitrogens with zero attached hydrogens (tertiary/aromatic N) is 3. The van der Waals surface area contributed by atoms with Gasteiger partial charge in [-0.3, -0.25) is 4.99 Å². The van der Waals surface area contributed by atoms with Gasteiger partial charge in [0.15, 0.2) is 0 Å². The Labute approximate surface area is 113 Å². The molecular formula is C13H12F3N3O. The van der Waals surface area contributed by atoms with E-state index in [0.717, 1.165) is 16.8 Å².